The van der Waals surface area contributed by atoms with Gasteiger partial charge in [0, 0.05) is 4.47 Å². The normalized spacial score (nSPS) is 9.00. The van der Waals surface area contributed by atoms with Crippen molar-refractivity contribution in [2.75, 3.05) is 0 Å². The van der Waals surface area contributed by atoms with Crippen LogP contribution in [0.25, 0.3) is 6.08 Å². The van der Waals surface area contributed by atoms with E-state index in [-0.39, 0.29) is 0 Å². The zero-order valence-corrected chi connectivity index (χ0v) is 6.43. The molecular formula is C8H6Br. The van der Waals surface area contributed by atoms with Crippen LogP contribution in [0.5, 0.6) is 0 Å². The fourth-order valence-electron chi connectivity index (χ4n) is 0.610. The van der Waals surface area contributed by atoms with Crippen LogP contribution in [0.4, 0.5) is 0 Å². The summed E-state index contributed by atoms with van der Waals surface area (Å²) in [5.41, 5.74) is 1.03. The van der Waals surface area contributed by atoms with Gasteiger partial charge >= 0.3 is 0 Å². The maximum Gasteiger partial charge on any atom is 0.0181 e. The Kier molecular flexibility index (Phi) is 2.06. The minimum Gasteiger partial charge on any atom is -0.0617 e. The third-order valence-electron chi connectivity index (χ3n) is 1.04. The van der Waals surface area contributed by atoms with E-state index in [1.165, 1.54) is 0 Å². The highest BCUT2D eigenvalue weighted by Gasteiger charge is 1.84. The molecule has 45 valence electrons. The summed E-state index contributed by atoms with van der Waals surface area (Å²) in [5, 5.41) is 0. The van der Waals surface area contributed by atoms with Crippen LogP contribution in [0.3, 0.4) is 0 Å². The molecule has 0 fully saturated rings. The smallest absolute Gasteiger partial charge is 0.0181 e. The van der Waals surface area contributed by atoms with Crippen molar-refractivity contribution in [2.24, 2.45) is 0 Å². The first-order valence-electron chi connectivity index (χ1n) is 2.63. The molecule has 1 aromatic carbocycles. The summed E-state index contributed by atoms with van der Waals surface area (Å²) in [6, 6.07) is 7.82. The SMILES string of the molecule is [CH]=Cc1cccc(Br)c1. The predicted octanol–water partition coefficient (Wildman–Crippen LogP) is 2.90. The van der Waals surface area contributed by atoms with Gasteiger partial charge in [-0.3, -0.25) is 0 Å². The molecule has 0 spiro atoms. The molecule has 1 aromatic rings. The van der Waals surface area contributed by atoms with Gasteiger partial charge in [-0.15, -0.1) is 0 Å². The Morgan fingerprint density at radius 1 is 1.44 bits per heavy atom. The molecule has 0 saturated carbocycles. The molecule has 0 aliphatic heterocycles. The Bertz CT molecular complexity index is 216. The summed E-state index contributed by atoms with van der Waals surface area (Å²) in [7, 11) is 0. The van der Waals surface area contributed by atoms with E-state index in [4.69, 9.17) is 6.58 Å². The minimum absolute atomic E-state index is 1.03. The molecule has 1 rings (SSSR count). The summed E-state index contributed by atoms with van der Waals surface area (Å²) in [6.45, 7) is 5.27. The molecule has 0 unspecified atom stereocenters. The van der Waals surface area contributed by atoms with E-state index in [0.29, 0.717) is 0 Å². The van der Waals surface area contributed by atoms with Gasteiger partial charge in [-0.25, -0.2) is 0 Å². The summed E-state index contributed by atoms with van der Waals surface area (Å²) < 4.78 is 1.06. The summed E-state index contributed by atoms with van der Waals surface area (Å²) in [4.78, 5) is 0. The average Bonchev–Trinajstić information content (AvgIpc) is 1.88. The topological polar surface area (TPSA) is 0 Å². The maximum absolute atomic E-state index is 5.27. The Morgan fingerprint density at radius 3 is 2.67 bits per heavy atom. The van der Waals surface area contributed by atoms with Crippen molar-refractivity contribution in [3.8, 4) is 0 Å². The molecule has 0 nitrogen and oxygen atoms in total. The molecule has 0 saturated heterocycles. The molecule has 0 aliphatic carbocycles. The van der Waals surface area contributed by atoms with Crippen LogP contribution >= 0.6 is 15.9 Å². The maximum atomic E-state index is 5.27. The highest BCUT2D eigenvalue weighted by Crippen LogP contribution is 2.11. The standard InChI is InChI=1S/C8H6Br/c1-2-7-4-3-5-8(9)6-7/h1-6H. The largest absolute Gasteiger partial charge is 0.0617 e. The van der Waals surface area contributed by atoms with Crippen LogP contribution in [0.1, 0.15) is 5.56 Å². The number of halogens is 1. The second kappa shape index (κ2) is 2.83. The monoisotopic (exact) mass is 181 g/mol. The van der Waals surface area contributed by atoms with Gasteiger partial charge < -0.3 is 0 Å². The Morgan fingerprint density at radius 2 is 2.22 bits per heavy atom. The number of hydrogen-bond donors (Lipinski definition) is 0. The van der Waals surface area contributed by atoms with Crippen molar-refractivity contribution in [1.29, 1.82) is 0 Å². The third kappa shape index (κ3) is 1.68. The van der Waals surface area contributed by atoms with Crippen molar-refractivity contribution < 1.29 is 0 Å². The number of rotatable bonds is 1. The van der Waals surface area contributed by atoms with Crippen LogP contribution in [0.15, 0.2) is 28.7 Å². The van der Waals surface area contributed by atoms with Gasteiger partial charge in [-0.05, 0) is 17.7 Å². The Hall–Kier alpha value is -0.560. The lowest BCUT2D eigenvalue weighted by atomic mass is 10.2. The van der Waals surface area contributed by atoms with Crippen LogP contribution in [-0.4, -0.2) is 0 Å². The minimum atomic E-state index is 1.03. The summed E-state index contributed by atoms with van der Waals surface area (Å²) in [5.74, 6) is 0. The quantitative estimate of drug-likeness (QED) is 0.626. The van der Waals surface area contributed by atoms with E-state index in [1.54, 1.807) is 6.08 Å². The average molecular weight is 182 g/mol. The van der Waals surface area contributed by atoms with E-state index in [1.807, 2.05) is 24.3 Å². The van der Waals surface area contributed by atoms with Crippen molar-refractivity contribution in [1.82, 2.24) is 0 Å². The molecule has 0 bridgehead atoms. The lowest BCUT2D eigenvalue weighted by Gasteiger charge is -1.90. The molecule has 0 aromatic heterocycles. The van der Waals surface area contributed by atoms with Gasteiger partial charge in [0.2, 0.25) is 0 Å². The summed E-state index contributed by atoms with van der Waals surface area (Å²) in [6.07, 6.45) is 1.57. The first-order valence-corrected chi connectivity index (χ1v) is 3.43. The lowest BCUT2D eigenvalue weighted by molar-refractivity contribution is 1.61. The van der Waals surface area contributed by atoms with Crippen molar-refractivity contribution in [2.45, 2.75) is 0 Å². The molecule has 1 heteroatoms. The Balaban J connectivity index is 3.07. The van der Waals surface area contributed by atoms with Gasteiger partial charge in [-0.2, -0.15) is 0 Å². The van der Waals surface area contributed by atoms with E-state index in [9.17, 15) is 0 Å². The second-order valence-electron chi connectivity index (χ2n) is 1.72. The predicted molar refractivity (Wildman–Crippen MR) is 42.9 cm³/mol. The van der Waals surface area contributed by atoms with Gasteiger partial charge in [0.25, 0.3) is 0 Å². The van der Waals surface area contributed by atoms with Crippen molar-refractivity contribution in [3.05, 3.63) is 40.9 Å². The summed E-state index contributed by atoms with van der Waals surface area (Å²) >= 11 is 3.33. The van der Waals surface area contributed by atoms with Crippen molar-refractivity contribution in [3.63, 3.8) is 0 Å². The number of benzene rings is 1. The molecule has 0 heterocycles. The van der Waals surface area contributed by atoms with E-state index in [2.05, 4.69) is 15.9 Å². The fourth-order valence-corrected chi connectivity index (χ4v) is 1.03. The molecule has 0 aliphatic rings. The fraction of sp³-hybridized carbons (Fsp3) is 0. The molecule has 0 amide bonds. The molecule has 1 radical (unpaired) electrons. The first-order chi connectivity index (χ1) is 4.33. The first kappa shape index (κ1) is 6.56. The van der Waals surface area contributed by atoms with E-state index >= 15 is 0 Å². The van der Waals surface area contributed by atoms with Crippen LogP contribution < -0.4 is 0 Å². The van der Waals surface area contributed by atoms with Crippen LogP contribution in [0.2, 0.25) is 0 Å². The lowest BCUT2D eigenvalue weighted by Crippen LogP contribution is -1.68. The Labute approximate surface area is 63.3 Å². The van der Waals surface area contributed by atoms with Crippen LogP contribution in [0, 0.1) is 6.58 Å². The molecule has 9 heavy (non-hydrogen) atoms. The van der Waals surface area contributed by atoms with Crippen molar-refractivity contribution >= 4 is 22.0 Å². The molecule has 0 atom stereocenters. The van der Waals surface area contributed by atoms with Gasteiger partial charge in [0.15, 0.2) is 0 Å². The van der Waals surface area contributed by atoms with E-state index < -0.39 is 0 Å². The van der Waals surface area contributed by atoms with Crippen LogP contribution in [-0.2, 0) is 0 Å². The highest BCUT2D eigenvalue weighted by atomic mass is 79.9. The van der Waals surface area contributed by atoms with Gasteiger partial charge in [0.05, 0.1) is 0 Å². The molecular weight excluding hydrogens is 176 g/mol. The zero-order valence-electron chi connectivity index (χ0n) is 4.84. The molecule has 0 N–H and O–H groups in total. The van der Waals surface area contributed by atoms with Gasteiger partial charge in [-0.1, -0.05) is 40.7 Å². The van der Waals surface area contributed by atoms with E-state index in [0.717, 1.165) is 10.0 Å². The number of hydrogen-bond acceptors (Lipinski definition) is 0. The third-order valence-corrected chi connectivity index (χ3v) is 1.53. The highest BCUT2D eigenvalue weighted by molar-refractivity contribution is 9.10. The van der Waals surface area contributed by atoms with Gasteiger partial charge in [0.1, 0.15) is 0 Å². The second-order valence-corrected chi connectivity index (χ2v) is 2.64. The zero-order chi connectivity index (χ0) is 6.69.